The fourth-order valence-corrected chi connectivity index (χ4v) is 2.70. The number of rotatable bonds is 4. The van der Waals surface area contributed by atoms with E-state index in [2.05, 4.69) is 15.7 Å². The molecule has 0 aliphatic carbocycles. The SMILES string of the molecule is Cc1c(C(C)NC(=O)Nc2sccc2C(=O)O)cnn1C. The van der Waals surface area contributed by atoms with E-state index in [-0.39, 0.29) is 11.6 Å². The second-order valence-electron chi connectivity index (χ2n) is 4.60. The first-order chi connectivity index (χ1) is 9.90. The van der Waals surface area contributed by atoms with Crippen molar-refractivity contribution in [1.29, 1.82) is 0 Å². The Morgan fingerprint density at radius 2 is 2.19 bits per heavy atom. The summed E-state index contributed by atoms with van der Waals surface area (Å²) in [4.78, 5) is 22.9. The van der Waals surface area contributed by atoms with Gasteiger partial charge in [0.2, 0.25) is 0 Å². The Bertz CT molecular complexity index is 677. The molecule has 0 aromatic carbocycles. The number of nitrogens with zero attached hydrogens (tertiary/aromatic N) is 2. The van der Waals surface area contributed by atoms with Gasteiger partial charge in [0.1, 0.15) is 5.00 Å². The summed E-state index contributed by atoms with van der Waals surface area (Å²) in [7, 11) is 1.83. The van der Waals surface area contributed by atoms with Gasteiger partial charge >= 0.3 is 12.0 Å². The highest BCUT2D eigenvalue weighted by Crippen LogP contribution is 2.23. The molecule has 112 valence electrons. The quantitative estimate of drug-likeness (QED) is 0.808. The summed E-state index contributed by atoms with van der Waals surface area (Å²) in [5.74, 6) is -1.07. The van der Waals surface area contributed by atoms with Gasteiger partial charge in [0.25, 0.3) is 0 Å². The van der Waals surface area contributed by atoms with Crippen molar-refractivity contribution in [3.8, 4) is 0 Å². The smallest absolute Gasteiger partial charge is 0.338 e. The molecule has 1 unspecified atom stereocenters. The molecule has 0 radical (unpaired) electrons. The Morgan fingerprint density at radius 3 is 2.76 bits per heavy atom. The number of carbonyl (C=O) groups is 2. The second kappa shape index (κ2) is 5.96. The molecule has 21 heavy (non-hydrogen) atoms. The van der Waals surface area contributed by atoms with Crippen LogP contribution in [0.15, 0.2) is 17.6 Å². The van der Waals surface area contributed by atoms with Gasteiger partial charge in [0.15, 0.2) is 0 Å². The van der Waals surface area contributed by atoms with E-state index < -0.39 is 12.0 Å². The number of carbonyl (C=O) groups excluding carboxylic acids is 1. The standard InChI is InChI=1S/C13H16N4O3S/c1-7(10-6-14-17(3)8(10)2)15-13(20)16-11-9(12(18)19)4-5-21-11/h4-7H,1-3H3,(H,18,19)(H2,15,16,20). The lowest BCUT2D eigenvalue weighted by Gasteiger charge is -2.14. The number of aromatic nitrogens is 2. The van der Waals surface area contributed by atoms with Gasteiger partial charge in [-0.1, -0.05) is 0 Å². The Morgan fingerprint density at radius 1 is 1.48 bits per heavy atom. The number of amides is 2. The molecule has 0 aliphatic rings. The van der Waals surface area contributed by atoms with Crippen molar-refractivity contribution in [3.63, 3.8) is 0 Å². The molecule has 1 atom stereocenters. The third kappa shape index (κ3) is 3.22. The van der Waals surface area contributed by atoms with Gasteiger partial charge in [-0.15, -0.1) is 11.3 Å². The number of carboxylic acid groups (broad SMARTS) is 1. The fourth-order valence-electron chi connectivity index (χ4n) is 1.93. The molecule has 0 spiro atoms. The molecule has 2 aromatic heterocycles. The number of aryl methyl sites for hydroxylation is 1. The molecule has 2 rings (SSSR count). The zero-order valence-electron chi connectivity index (χ0n) is 11.9. The maximum absolute atomic E-state index is 12.0. The minimum absolute atomic E-state index is 0.0837. The Hall–Kier alpha value is -2.35. The predicted octanol–water partition coefficient (Wildman–Crippen LogP) is 2.37. The van der Waals surface area contributed by atoms with E-state index in [0.717, 1.165) is 11.3 Å². The second-order valence-corrected chi connectivity index (χ2v) is 5.51. The van der Waals surface area contributed by atoms with E-state index >= 15 is 0 Å². The molecule has 2 amide bonds. The zero-order chi connectivity index (χ0) is 15.6. The van der Waals surface area contributed by atoms with Crippen LogP contribution in [-0.2, 0) is 7.05 Å². The van der Waals surface area contributed by atoms with Crippen LogP contribution in [0.4, 0.5) is 9.80 Å². The molecule has 7 nitrogen and oxygen atoms in total. The predicted molar refractivity (Wildman–Crippen MR) is 79.8 cm³/mol. The molecule has 0 saturated carbocycles. The van der Waals surface area contributed by atoms with Crippen LogP contribution in [0, 0.1) is 6.92 Å². The van der Waals surface area contributed by atoms with Crippen molar-refractivity contribution in [2.75, 3.05) is 5.32 Å². The first-order valence-corrected chi connectivity index (χ1v) is 7.15. The largest absolute Gasteiger partial charge is 0.478 e. The lowest BCUT2D eigenvalue weighted by molar-refractivity contribution is 0.0698. The number of hydrogen-bond donors (Lipinski definition) is 3. The Labute approximate surface area is 125 Å². The molecular formula is C13H16N4O3S. The van der Waals surface area contributed by atoms with Gasteiger partial charge in [-0.2, -0.15) is 5.10 Å². The fraction of sp³-hybridized carbons (Fsp3) is 0.308. The number of hydrogen-bond acceptors (Lipinski definition) is 4. The van der Waals surface area contributed by atoms with E-state index in [4.69, 9.17) is 5.11 Å². The van der Waals surface area contributed by atoms with Crippen molar-refractivity contribution in [2.24, 2.45) is 7.05 Å². The molecule has 0 aliphatic heterocycles. The average molecular weight is 308 g/mol. The van der Waals surface area contributed by atoms with Gasteiger partial charge in [0.05, 0.1) is 17.8 Å². The topological polar surface area (TPSA) is 96.2 Å². The summed E-state index contributed by atoms with van der Waals surface area (Å²) in [5, 5.41) is 20.4. The van der Waals surface area contributed by atoms with Crippen LogP contribution in [0.25, 0.3) is 0 Å². The Balaban J connectivity index is 2.03. The first-order valence-electron chi connectivity index (χ1n) is 6.27. The highest BCUT2D eigenvalue weighted by molar-refractivity contribution is 7.14. The van der Waals surface area contributed by atoms with E-state index in [9.17, 15) is 9.59 Å². The zero-order valence-corrected chi connectivity index (χ0v) is 12.7. The van der Waals surface area contributed by atoms with Crippen molar-refractivity contribution in [3.05, 3.63) is 34.5 Å². The average Bonchev–Trinajstić information content (AvgIpc) is 2.98. The molecule has 3 N–H and O–H groups in total. The van der Waals surface area contributed by atoms with Crippen LogP contribution in [0.1, 0.15) is 34.6 Å². The molecule has 2 aromatic rings. The number of nitrogens with one attached hydrogen (secondary N) is 2. The minimum atomic E-state index is -1.07. The molecule has 0 fully saturated rings. The van der Waals surface area contributed by atoms with Gasteiger partial charge in [-0.3, -0.25) is 10.00 Å². The van der Waals surface area contributed by atoms with Gasteiger partial charge in [0, 0.05) is 18.3 Å². The van der Waals surface area contributed by atoms with Gasteiger partial charge < -0.3 is 10.4 Å². The number of thiophene rings is 1. The highest BCUT2D eigenvalue weighted by Gasteiger charge is 2.17. The van der Waals surface area contributed by atoms with Crippen molar-refractivity contribution in [2.45, 2.75) is 19.9 Å². The van der Waals surface area contributed by atoms with E-state index in [0.29, 0.717) is 5.00 Å². The molecule has 2 heterocycles. The number of urea groups is 1. The third-order valence-corrected chi connectivity index (χ3v) is 4.04. The van der Waals surface area contributed by atoms with Crippen molar-refractivity contribution < 1.29 is 14.7 Å². The van der Waals surface area contributed by atoms with Gasteiger partial charge in [-0.05, 0) is 25.3 Å². The summed E-state index contributed by atoms with van der Waals surface area (Å²) in [6.45, 7) is 3.76. The lowest BCUT2D eigenvalue weighted by Crippen LogP contribution is -2.31. The van der Waals surface area contributed by atoms with E-state index in [1.54, 1.807) is 16.3 Å². The van der Waals surface area contributed by atoms with E-state index in [1.807, 2.05) is 20.9 Å². The Kier molecular flexibility index (Phi) is 4.27. The normalized spacial score (nSPS) is 12.0. The summed E-state index contributed by atoms with van der Waals surface area (Å²) in [6.07, 6.45) is 1.70. The summed E-state index contributed by atoms with van der Waals surface area (Å²) in [5.41, 5.74) is 1.96. The number of anilines is 1. The third-order valence-electron chi connectivity index (χ3n) is 3.21. The van der Waals surface area contributed by atoms with Crippen LogP contribution in [0.5, 0.6) is 0 Å². The summed E-state index contributed by atoms with van der Waals surface area (Å²) >= 11 is 1.17. The van der Waals surface area contributed by atoms with Crippen LogP contribution in [0.3, 0.4) is 0 Å². The monoisotopic (exact) mass is 308 g/mol. The molecule has 0 bridgehead atoms. The van der Waals surface area contributed by atoms with Gasteiger partial charge in [-0.25, -0.2) is 9.59 Å². The maximum atomic E-state index is 12.0. The summed E-state index contributed by atoms with van der Waals surface area (Å²) in [6, 6.07) is 0.778. The van der Waals surface area contributed by atoms with Crippen LogP contribution >= 0.6 is 11.3 Å². The molecular weight excluding hydrogens is 292 g/mol. The highest BCUT2D eigenvalue weighted by atomic mass is 32.1. The minimum Gasteiger partial charge on any atom is -0.478 e. The van der Waals surface area contributed by atoms with Crippen molar-refractivity contribution >= 4 is 28.3 Å². The van der Waals surface area contributed by atoms with Crippen LogP contribution < -0.4 is 10.6 Å². The maximum Gasteiger partial charge on any atom is 0.338 e. The first kappa shape index (κ1) is 15.0. The van der Waals surface area contributed by atoms with Crippen LogP contribution in [-0.4, -0.2) is 26.9 Å². The molecule has 8 heteroatoms. The summed E-state index contributed by atoms with van der Waals surface area (Å²) < 4.78 is 1.73. The van der Waals surface area contributed by atoms with E-state index in [1.165, 1.54) is 17.4 Å². The number of aromatic carboxylic acids is 1. The van der Waals surface area contributed by atoms with Crippen LogP contribution in [0.2, 0.25) is 0 Å². The van der Waals surface area contributed by atoms with Crippen molar-refractivity contribution in [1.82, 2.24) is 15.1 Å². The molecule has 0 saturated heterocycles. The lowest BCUT2D eigenvalue weighted by atomic mass is 10.1. The number of carboxylic acids is 1.